The number of hydrogen-bond acceptors (Lipinski definition) is 2. The van der Waals surface area contributed by atoms with Gasteiger partial charge in [-0.3, -0.25) is 4.79 Å². The molecule has 2 nitrogen and oxygen atoms in total. The molecule has 1 aromatic carbocycles. The summed E-state index contributed by atoms with van der Waals surface area (Å²) in [5.41, 5.74) is 0.467. The molecule has 0 aliphatic rings. The van der Waals surface area contributed by atoms with Crippen LogP contribution in [0.4, 0.5) is 0 Å². The van der Waals surface area contributed by atoms with Crippen LogP contribution < -0.4 is 0 Å². The zero-order valence-electron chi connectivity index (χ0n) is 12.4. The van der Waals surface area contributed by atoms with Crippen molar-refractivity contribution >= 4 is 11.7 Å². The van der Waals surface area contributed by atoms with Crippen molar-refractivity contribution in [2.75, 3.05) is 0 Å². The van der Waals surface area contributed by atoms with Crippen LogP contribution in [0, 0.1) is 5.41 Å². The van der Waals surface area contributed by atoms with Crippen LogP contribution in [0.25, 0.3) is 5.76 Å². The van der Waals surface area contributed by atoms with Gasteiger partial charge in [-0.05, 0) is 39.7 Å². The molecule has 104 valence electrons. The number of hydrogen-bond donors (Lipinski definition) is 0. The summed E-state index contributed by atoms with van der Waals surface area (Å²) in [6.45, 7) is 7.75. The van der Waals surface area contributed by atoms with Crippen LogP contribution in [0.2, 0.25) is 0 Å². The maximum atomic E-state index is 12.0. The SMILES string of the molecule is CCCC/C=C(\OC(=O)C(C)(C)C)c1ccccc1. The molecule has 0 N–H and O–H groups in total. The average Bonchev–Trinajstić information content (AvgIpc) is 2.37. The number of allylic oxidation sites excluding steroid dienone is 1. The quantitative estimate of drug-likeness (QED) is 0.431. The molecule has 0 heterocycles. The Morgan fingerprint density at radius 1 is 1.21 bits per heavy atom. The van der Waals surface area contributed by atoms with Gasteiger partial charge in [-0.25, -0.2) is 0 Å². The van der Waals surface area contributed by atoms with E-state index in [0.717, 1.165) is 24.8 Å². The van der Waals surface area contributed by atoms with Gasteiger partial charge in [0.2, 0.25) is 0 Å². The molecule has 2 heteroatoms. The summed E-state index contributed by atoms with van der Waals surface area (Å²) < 4.78 is 5.57. The lowest BCUT2D eigenvalue weighted by Gasteiger charge is -2.18. The Morgan fingerprint density at radius 3 is 2.37 bits per heavy atom. The molecule has 0 aliphatic heterocycles. The largest absolute Gasteiger partial charge is 0.426 e. The molecule has 19 heavy (non-hydrogen) atoms. The molecule has 1 rings (SSSR count). The highest BCUT2D eigenvalue weighted by Gasteiger charge is 2.24. The smallest absolute Gasteiger partial charge is 0.316 e. The van der Waals surface area contributed by atoms with E-state index in [0.29, 0.717) is 5.76 Å². The second kappa shape index (κ2) is 7.13. The number of carbonyl (C=O) groups is 1. The number of benzene rings is 1. The van der Waals surface area contributed by atoms with Crippen molar-refractivity contribution < 1.29 is 9.53 Å². The molecule has 0 bridgehead atoms. The fourth-order valence-corrected chi connectivity index (χ4v) is 1.51. The van der Waals surface area contributed by atoms with E-state index in [9.17, 15) is 4.79 Å². The Kier molecular flexibility index (Phi) is 5.81. The summed E-state index contributed by atoms with van der Waals surface area (Å²) in [6.07, 6.45) is 5.18. The summed E-state index contributed by atoms with van der Waals surface area (Å²) in [6, 6.07) is 9.79. The average molecular weight is 260 g/mol. The maximum absolute atomic E-state index is 12.0. The van der Waals surface area contributed by atoms with Gasteiger partial charge in [0.25, 0.3) is 0 Å². The Bertz CT molecular complexity index is 424. The standard InChI is InChI=1S/C17H24O2/c1-5-6-8-13-15(14-11-9-7-10-12-14)19-16(18)17(2,3)4/h7,9-13H,5-6,8H2,1-4H3/b15-13-. The second-order valence-electron chi connectivity index (χ2n) is 5.72. The maximum Gasteiger partial charge on any atom is 0.316 e. The van der Waals surface area contributed by atoms with Crippen molar-refractivity contribution in [2.45, 2.75) is 47.0 Å². The van der Waals surface area contributed by atoms with Gasteiger partial charge in [0, 0.05) is 5.56 Å². The predicted octanol–water partition coefficient (Wildman–Crippen LogP) is 4.81. The molecular formula is C17H24O2. The molecule has 0 radical (unpaired) electrons. The monoisotopic (exact) mass is 260 g/mol. The van der Waals surface area contributed by atoms with E-state index < -0.39 is 5.41 Å². The van der Waals surface area contributed by atoms with Crippen molar-refractivity contribution in [1.82, 2.24) is 0 Å². The Labute approximate surface area is 116 Å². The third kappa shape index (κ3) is 5.29. The van der Waals surface area contributed by atoms with E-state index in [1.807, 2.05) is 57.2 Å². The minimum absolute atomic E-state index is 0.195. The highest BCUT2D eigenvalue weighted by molar-refractivity contribution is 5.82. The topological polar surface area (TPSA) is 26.3 Å². The van der Waals surface area contributed by atoms with Gasteiger partial charge in [0.05, 0.1) is 5.41 Å². The first kappa shape index (κ1) is 15.5. The van der Waals surface area contributed by atoms with E-state index in [-0.39, 0.29) is 5.97 Å². The summed E-state index contributed by atoms with van der Waals surface area (Å²) >= 11 is 0. The molecular weight excluding hydrogens is 236 g/mol. The van der Waals surface area contributed by atoms with Crippen molar-refractivity contribution in [1.29, 1.82) is 0 Å². The minimum Gasteiger partial charge on any atom is -0.426 e. The molecule has 0 saturated heterocycles. The van der Waals surface area contributed by atoms with Crippen LogP contribution in [-0.2, 0) is 9.53 Å². The van der Waals surface area contributed by atoms with E-state index >= 15 is 0 Å². The predicted molar refractivity (Wildman–Crippen MR) is 79.5 cm³/mol. The van der Waals surface area contributed by atoms with Gasteiger partial charge < -0.3 is 4.74 Å². The van der Waals surface area contributed by atoms with Crippen LogP contribution in [-0.4, -0.2) is 5.97 Å². The summed E-state index contributed by atoms with van der Waals surface area (Å²) in [5, 5.41) is 0. The highest BCUT2D eigenvalue weighted by atomic mass is 16.5. The van der Waals surface area contributed by atoms with Crippen LogP contribution >= 0.6 is 0 Å². The van der Waals surface area contributed by atoms with Gasteiger partial charge in [0.15, 0.2) is 0 Å². The highest BCUT2D eigenvalue weighted by Crippen LogP contribution is 2.23. The van der Waals surface area contributed by atoms with Crippen LogP contribution in [0.5, 0.6) is 0 Å². The van der Waals surface area contributed by atoms with Crippen molar-refractivity contribution in [3.63, 3.8) is 0 Å². The van der Waals surface area contributed by atoms with Gasteiger partial charge in [0.1, 0.15) is 5.76 Å². The first-order valence-corrected chi connectivity index (χ1v) is 6.93. The molecule has 0 fully saturated rings. The van der Waals surface area contributed by atoms with Crippen molar-refractivity contribution in [2.24, 2.45) is 5.41 Å². The first-order chi connectivity index (χ1) is 8.95. The number of carbonyl (C=O) groups excluding carboxylic acids is 1. The van der Waals surface area contributed by atoms with E-state index in [4.69, 9.17) is 4.74 Å². The van der Waals surface area contributed by atoms with Crippen LogP contribution in [0.15, 0.2) is 36.4 Å². The molecule has 1 aromatic rings. The van der Waals surface area contributed by atoms with Gasteiger partial charge in [-0.2, -0.15) is 0 Å². The van der Waals surface area contributed by atoms with E-state index in [1.165, 1.54) is 0 Å². The third-order valence-corrected chi connectivity index (χ3v) is 2.76. The second-order valence-corrected chi connectivity index (χ2v) is 5.72. The van der Waals surface area contributed by atoms with Gasteiger partial charge >= 0.3 is 5.97 Å². The van der Waals surface area contributed by atoms with Crippen molar-refractivity contribution in [3.05, 3.63) is 42.0 Å². The third-order valence-electron chi connectivity index (χ3n) is 2.76. The van der Waals surface area contributed by atoms with Crippen molar-refractivity contribution in [3.8, 4) is 0 Å². The molecule has 0 aromatic heterocycles. The molecule has 0 amide bonds. The number of ether oxygens (including phenoxy) is 1. The van der Waals surface area contributed by atoms with Crippen LogP contribution in [0.1, 0.15) is 52.5 Å². The summed E-state index contributed by atoms with van der Waals surface area (Å²) in [7, 11) is 0. The number of rotatable bonds is 5. The lowest BCUT2D eigenvalue weighted by Crippen LogP contribution is -2.22. The molecule has 0 spiro atoms. The van der Waals surface area contributed by atoms with Gasteiger partial charge in [-0.15, -0.1) is 0 Å². The lowest BCUT2D eigenvalue weighted by atomic mass is 9.97. The van der Waals surface area contributed by atoms with Crippen LogP contribution in [0.3, 0.4) is 0 Å². The Morgan fingerprint density at radius 2 is 1.84 bits per heavy atom. The first-order valence-electron chi connectivity index (χ1n) is 6.93. The molecule has 0 unspecified atom stereocenters. The zero-order valence-corrected chi connectivity index (χ0v) is 12.4. The van der Waals surface area contributed by atoms with E-state index in [2.05, 4.69) is 6.92 Å². The molecule has 0 atom stereocenters. The molecule has 0 saturated carbocycles. The Hall–Kier alpha value is -1.57. The number of esters is 1. The minimum atomic E-state index is -0.487. The zero-order chi connectivity index (χ0) is 14.3. The van der Waals surface area contributed by atoms with Gasteiger partial charge in [-0.1, -0.05) is 43.7 Å². The molecule has 0 aliphatic carbocycles. The Balaban J connectivity index is 2.88. The number of unbranched alkanes of at least 4 members (excludes halogenated alkanes) is 2. The normalized spacial score (nSPS) is 12.3. The fraction of sp³-hybridized carbons (Fsp3) is 0.471. The summed E-state index contributed by atoms with van der Waals surface area (Å²) in [5.74, 6) is 0.480. The van der Waals surface area contributed by atoms with E-state index in [1.54, 1.807) is 0 Å². The lowest BCUT2D eigenvalue weighted by molar-refractivity contribution is -0.145. The summed E-state index contributed by atoms with van der Waals surface area (Å²) in [4.78, 5) is 12.0. The fourth-order valence-electron chi connectivity index (χ4n) is 1.51.